The van der Waals surface area contributed by atoms with Crippen molar-refractivity contribution in [2.45, 2.75) is 0 Å². The van der Waals surface area contributed by atoms with Crippen LogP contribution in [0.1, 0.15) is 10.4 Å². The quantitative estimate of drug-likeness (QED) is 0.444. The number of nitrogens with one attached hydrogen (secondary N) is 1. The van der Waals surface area contributed by atoms with E-state index in [2.05, 4.69) is 26.2 Å². The Kier molecular flexibility index (Phi) is 4.83. The summed E-state index contributed by atoms with van der Waals surface area (Å²) in [5.41, 5.74) is 2.33. The molecule has 0 radical (unpaired) electrons. The number of ether oxygens (including phenoxy) is 1. The van der Waals surface area contributed by atoms with Gasteiger partial charge in [-0.3, -0.25) is 4.79 Å². The Balaban J connectivity index is 1.60. The zero-order chi connectivity index (χ0) is 19.7. The molecule has 0 aliphatic heterocycles. The van der Waals surface area contributed by atoms with Gasteiger partial charge in [0.2, 0.25) is 5.89 Å². The van der Waals surface area contributed by atoms with E-state index in [1.807, 2.05) is 0 Å². The molecule has 0 unspecified atom stereocenters. The lowest BCUT2D eigenvalue weighted by atomic mass is 10.2. The van der Waals surface area contributed by atoms with Crippen molar-refractivity contribution < 1.29 is 18.3 Å². The fraction of sp³-hybridized carbons (Fsp3) is 0.0476. The zero-order valence-electron chi connectivity index (χ0n) is 14.7. The van der Waals surface area contributed by atoms with Crippen LogP contribution in [0.25, 0.3) is 22.6 Å². The van der Waals surface area contributed by atoms with Crippen molar-refractivity contribution in [1.29, 1.82) is 0 Å². The van der Waals surface area contributed by atoms with Crippen LogP contribution in [0.2, 0.25) is 0 Å². The summed E-state index contributed by atoms with van der Waals surface area (Å²) in [7, 11) is 1.56. The molecule has 0 aliphatic carbocycles. The van der Waals surface area contributed by atoms with Crippen LogP contribution in [0.4, 0.5) is 10.1 Å². The van der Waals surface area contributed by atoms with Crippen LogP contribution in [-0.4, -0.2) is 18.0 Å². The number of oxazole rings is 1. The van der Waals surface area contributed by atoms with Crippen LogP contribution >= 0.6 is 15.9 Å². The van der Waals surface area contributed by atoms with E-state index in [4.69, 9.17) is 9.15 Å². The molecule has 7 heteroatoms. The molecule has 0 bridgehead atoms. The van der Waals surface area contributed by atoms with Crippen LogP contribution in [0.5, 0.6) is 5.75 Å². The second-order valence-corrected chi connectivity index (χ2v) is 6.84. The number of aromatic nitrogens is 1. The topological polar surface area (TPSA) is 64.4 Å². The minimum Gasteiger partial charge on any atom is -0.496 e. The molecule has 28 heavy (non-hydrogen) atoms. The number of carbonyl (C=O) groups is 1. The van der Waals surface area contributed by atoms with Gasteiger partial charge in [0.15, 0.2) is 5.58 Å². The molecule has 0 spiro atoms. The summed E-state index contributed by atoms with van der Waals surface area (Å²) in [5, 5.41) is 2.82. The van der Waals surface area contributed by atoms with Gasteiger partial charge in [-0.2, -0.15) is 0 Å². The monoisotopic (exact) mass is 440 g/mol. The van der Waals surface area contributed by atoms with Crippen LogP contribution < -0.4 is 10.1 Å². The lowest BCUT2D eigenvalue weighted by Gasteiger charge is -2.07. The van der Waals surface area contributed by atoms with Crippen molar-refractivity contribution in [3.8, 4) is 17.2 Å². The molecule has 3 aromatic carbocycles. The molecule has 4 aromatic rings. The first-order valence-corrected chi connectivity index (χ1v) is 9.15. The third-order valence-electron chi connectivity index (χ3n) is 4.16. The summed E-state index contributed by atoms with van der Waals surface area (Å²) in [6.07, 6.45) is 0. The number of halogens is 2. The molecule has 1 amide bonds. The first-order chi connectivity index (χ1) is 13.5. The van der Waals surface area contributed by atoms with Crippen molar-refractivity contribution in [1.82, 2.24) is 4.98 Å². The van der Waals surface area contributed by atoms with Crippen molar-refractivity contribution in [3.63, 3.8) is 0 Å². The molecule has 0 atom stereocenters. The zero-order valence-corrected chi connectivity index (χ0v) is 16.3. The molecule has 1 aromatic heterocycles. The Morgan fingerprint density at radius 3 is 2.71 bits per heavy atom. The normalized spacial score (nSPS) is 10.8. The summed E-state index contributed by atoms with van der Waals surface area (Å²) >= 11 is 3.37. The molecule has 1 N–H and O–H groups in total. The Morgan fingerprint density at radius 2 is 1.96 bits per heavy atom. The van der Waals surface area contributed by atoms with Gasteiger partial charge in [0, 0.05) is 11.3 Å². The molecule has 1 heterocycles. The molecule has 0 aliphatic rings. The summed E-state index contributed by atoms with van der Waals surface area (Å²) in [4.78, 5) is 16.8. The number of carbonyl (C=O) groups excluding carboxylic acids is 1. The van der Waals surface area contributed by atoms with Gasteiger partial charge >= 0.3 is 0 Å². The number of nitrogens with zero attached hydrogens (tertiary/aromatic N) is 1. The number of fused-ring (bicyclic) bond motifs is 1. The molecule has 0 fully saturated rings. The second kappa shape index (κ2) is 7.44. The van der Waals surface area contributed by atoms with Gasteiger partial charge in [-0.25, -0.2) is 9.37 Å². The summed E-state index contributed by atoms with van der Waals surface area (Å²) < 4.78 is 25.5. The highest BCUT2D eigenvalue weighted by molar-refractivity contribution is 9.10. The predicted octanol–water partition coefficient (Wildman–Crippen LogP) is 5.66. The van der Waals surface area contributed by atoms with Crippen molar-refractivity contribution in [3.05, 3.63) is 76.5 Å². The number of hydrogen-bond acceptors (Lipinski definition) is 4. The minimum atomic E-state index is -0.410. The fourth-order valence-electron chi connectivity index (χ4n) is 2.77. The molecule has 140 valence electrons. The van der Waals surface area contributed by atoms with Crippen LogP contribution in [0.3, 0.4) is 0 Å². The maximum atomic E-state index is 14.0. The minimum absolute atomic E-state index is 0.190. The maximum absolute atomic E-state index is 14.0. The predicted molar refractivity (Wildman–Crippen MR) is 108 cm³/mol. The third kappa shape index (κ3) is 3.48. The van der Waals surface area contributed by atoms with Gasteiger partial charge in [-0.05, 0) is 64.5 Å². The second-order valence-electron chi connectivity index (χ2n) is 5.98. The van der Waals surface area contributed by atoms with Gasteiger partial charge in [0.1, 0.15) is 17.1 Å². The first-order valence-electron chi connectivity index (χ1n) is 8.35. The Labute approximate surface area is 168 Å². The number of hydrogen-bond donors (Lipinski definition) is 1. The Morgan fingerprint density at radius 1 is 1.14 bits per heavy atom. The molecular formula is C21H14BrFN2O3. The van der Waals surface area contributed by atoms with E-state index >= 15 is 0 Å². The number of anilines is 1. The lowest BCUT2D eigenvalue weighted by molar-refractivity contribution is 0.102. The standard InChI is InChI=1S/C21H14BrFN2O3/c1-27-18-8-6-12(10-15(18)22)20(26)24-13-7-9-19-17(11-13)25-21(28-19)14-4-2-3-5-16(14)23/h2-11H,1H3,(H,24,26). The van der Waals surface area contributed by atoms with E-state index < -0.39 is 5.82 Å². The summed E-state index contributed by atoms with van der Waals surface area (Å²) in [6.45, 7) is 0. The molecular weight excluding hydrogens is 427 g/mol. The third-order valence-corrected chi connectivity index (χ3v) is 4.78. The number of rotatable bonds is 4. The van der Waals surface area contributed by atoms with Gasteiger partial charge in [-0.15, -0.1) is 0 Å². The molecule has 4 rings (SSSR count). The van der Waals surface area contributed by atoms with Crippen molar-refractivity contribution >= 4 is 38.6 Å². The average molecular weight is 441 g/mol. The SMILES string of the molecule is COc1ccc(C(=O)Nc2ccc3oc(-c4ccccc4F)nc3c2)cc1Br. The van der Waals surface area contributed by atoms with Gasteiger partial charge in [0.25, 0.3) is 5.91 Å². The summed E-state index contributed by atoms with van der Waals surface area (Å²) in [5.74, 6) is 0.144. The fourth-order valence-corrected chi connectivity index (χ4v) is 3.31. The van der Waals surface area contributed by atoms with Crippen LogP contribution in [0, 0.1) is 5.82 Å². The van der Waals surface area contributed by atoms with Gasteiger partial charge in [-0.1, -0.05) is 12.1 Å². The van der Waals surface area contributed by atoms with Crippen molar-refractivity contribution in [2.24, 2.45) is 0 Å². The van der Waals surface area contributed by atoms with E-state index in [9.17, 15) is 9.18 Å². The highest BCUT2D eigenvalue weighted by atomic mass is 79.9. The highest BCUT2D eigenvalue weighted by Crippen LogP contribution is 2.29. The van der Waals surface area contributed by atoms with Crippen LogP contribution in [-0.2, 0) is 0 Å². The van der Waals surface area contributed by atoms with E-state index in [-0.39, 0.29) is 17.4 Å². The average Bonchev–Trinajstić information content (AvgIpc) is 3.11. The van der Waals surface area contributed by atoms with Gasteiger partial charge < -0.3 is 14.5 Å². The van der Waals surface area contributed by atoms with Crippen molar-refractivity contribution in [2.75, 3.05) is 12.4 Å². The lowest BCUT2D eigenvalue weighted by Crippen LogP contribution is -2.11. The van der Waals surface area contributed by atoms with E-state index in [0.29, 0.717) is 32.6 Å². The molecule has 5 nitrogen and oxygen atoms in total. The summed E-state index contributed by atoms with van der Waals surface area (Å²) in [6, 6.07) is 16.4. The first kappa shape index (κ1) is 18.2. The maximum Gasteiger partial charge on any atom is 0.255 e. The van der Waals surface area contributed by atoms with E-state index in [1.165, 1.54) is 6.07 Å². The Hall–Kier alpha value is -3.19. The number of benzene rings is 3. The Bertz CT molecular complexity index is 1190. The number of methoxy groups -OCH3 is 1. The highest BCUT2D eigenvalue weighted by Gasteiger charge is 2.14. The van der Waals surface area contributed by atoms with Crippen LogP contribution in [0.15, 0.2) is 69.6 Å². The smallest absolute Gasteiger partial charge is 0.255 e. The number of amides is 1. The molecule has 0 saturated heterocycles. The largest absolute Gasteiger partial charge is 0.496 e. The van der Waals surface area contributed by atoms with E-state index in [0.717, 1.165) is 0 Å². The molecule has 0 saturated carbocycles. The van der Waals surface area contributed by atoms with E-state index in [1.54, 1.807) is 61.7 Å². The van der Waals surface area contributed by atoms with Gasteiger partial charge in [0.05, 0.1) is 17.1 Å².